The fraction of sp³-hybridized carbons (Fsp3) is 0.467. The van der Waals surface area contributed by atoms with Crippen LogP contribution in [0.25, 0.3) is 21.9 Å². The molecule has 35 heavy (non-hydrogen) atoms. The van der Waals surface area contributed by atoms with Gasteiger partial charge in [0.1, 0.15) is 5.82 Å². The molecule has 1 aliphatic carbocycles. The fourth-order valence-electron chi connectivity index (χ4n) is 5.47. The van der Waals surface area contributed by atoms with Crippen LogP contribution in [-0.2, 0) is 0 Å². The first-order valence-corrected chi connectivity index (χ1v) is 12.9. The van der Waals surface area contributed by atoms with Crippen molar-refractivity contribution in [3.05, 3.63) is 65.7 Å². The maximum absolute atomic E-state index is 15.1. The maximum Gasteiger partial charge on any atom is 0.387 e. The Labute approximate surface area is 205 Å². The highest BCUT2D eigenvalue weighted by atomic mass is 19.3. The molecule has 0 atom stereocenters. The molecule has 0 saturated heterocycles. The summed E-state index contributed by atoms with van der Waals surface area (Å²) in [5.41, 5.74) is 2.12. The van der Waals surface area contributed by atoms with E-state index in [1.165, 1.54) is 69.6 Å². The second-order valence-electron chi connectivity index (χ2n) is 9.85. The van der Waals surface area contributed by atoms with E-state index in [2.05, 4.69) is 11.7 Å². The monoisotopic (exact) mass is 486 g/mol. The number of benzene rings is 3. The van der Waals surface area contributed by atoms with E-state index in [4.69, 9.17) is 0 Å². The standard InChI is InChI=1S/C30H34F4O/c1-2-3-4-5-6-7-20-8-10-21(11-9-20)22-12-15-25(27(31)19-22)23-13-16-26-24(18-23)14-17-28(29(26)32)35-30(33)34/h12-21,30H,2-11H2,1H3. The highest BCUT2D eigenvalue weighted by Gasteiger charge is 2.23. The van der Waals surface area contributed by atoms with E-state index in [-0.39, 0.29) is 11.2 Å². The van der Waals surface area contributed by atoms with Crippen molar-refractivity contribution in [3.8, 4) is 16.9 Å². The minimum atomic E-state index is -3.10. The Bertz CT molecular complexity index is 1120. The van der Waals surface area contributed by atoms with Crippen LogP contribution < -0.4 is 4.74 Å². The Morgan fingerprint density at radius 2 is 1.63 bits per heavy atom. The molecule has 0 bridgehead atoms. The molecule has 0 N–H and O–H groups in total. The van der Waals surface area contributed by atoms with Gasteiger partial charge < -0.3 is 4.74 Å². The number of alkyl halides is 2. The summed E-state index contributed by atoms with van der Waals surface area (Å²) in [7, 11) is 0. The van der Waals surface area contributed by atoms with Crippen molar-refractivity contribution in [1.82, 2.24) is 0 Å². The van der Waals surface area contributed by atoms with Gasteiger partial charge in [-0.1, -0.05) is 75.8 Å². The predicted octanol–water partition coefficient (Wildman–Crippen LogP) is 10.0. The molecule has 1 fully saturated rings. The average Bonchev–Trinajstić information content (AvgIpc) is 2.85. The molecule has 0 aromatic heterocycles. The lowest BCUT2D eigenvalue weighted by atomic mass is 9.77. The van der Waals surface area contributed by atoms with Gasteiger partial charge in [-0.15, -0.1) is 0 Å². The van der Waals surface area contributed by atoms with E-state index in [0.717, 1.165) is 24.3 Å². The average molecular weight is 487 g/mol. The van der Waals surface area contributed by atoms with Gasteiger partial charge in [0.25, 0.3) is 0 Å². The molecule has 0 amide bonds. The van der Waals surface area contributed by atoms with Crippen LogP contribution >= 0.6 is 0 Å². The van der Waals surface area contributed by atoms with Gasteiger partial charge in [-0.3, -0.25) is 0 Å². The molecule has 3 aromatic carbocycles. The van der Waals surface area contributed by atoms with Crippen molar-refractivity contribution >= 4 is 10.8 Å². The van der Waals surface area contributed by atoms with E-state index < -0.39 is 18.2 Å². The van der Waals surface area contributed by atoms with E-state index in [9.17, 15) is 13.2 Å². The summed E-state index contributed by atoms with van der Waals surface area (Å²) >= 11 is 0. The second-order valence-corrected chi connectivity index (χ2v) is 9.85. The molecular weight excluding hydrogens is 452 g/mol. The number of hydrogen-bond acceptors (Lipinski definition) is 1. The number of unbranched alkanes of at least 4 members (excludes halogenated alkanes) is 4. The number of hydrogen-bond donors (Lipinski definition) is 0. The van der Waals surface area contributed by atoms with Crippen molar-refractivity contribution in [2.24, 2.45) is 5.92 Å². The Kier molecular flexibility index (Phi) is 8.69. The zero-order valence-electron chi connectivity index (χ0n) is 20.3. The lowest BCUT2D eigenvalue weighted by Gasteiger charge is -2.29. The quantitative estimate of drug-likeness (QED) is 0.205. The SMILES string of the molecule is CCCCCCCC1CCC(c2ccc(-c3ccc4c(F)c(OC(F)F)ccc4c3)c(F)c2)CC1. The lowest BCUT2D eigenvalue weighted by molar-refractivity contribution is -0.0520. The molecule has 0 unspecified atom stereocenters. The normalized spacial score (nSPS) is 18.3. The first-order chi connectivity index (χ1) is 17.0. The summed E-state index contributed by atoms with van der Waals surface area (Å²) in [5, 5.41) is 0.657. The van der Waals surface area contributed by atoms with E-state index >= 15 is 4.39 Å². The van der Waals surface area contributed by atoms with Crippen LogP contribution in [0.5, 0.6) is 5.75 Å². The van der Waals surface area contributed by atoms with E-state index in [0.29, 0.717) is 22.4 Å². The van der Waals surface area contributed by atoms with Crippen LogP contribution in [0.3, 0.4) is 0 Å². The van der Waals surface area contributed by atoms with Gasteiger partial charge in [-0.2, -0.15) is 8.78 Å². The fourth-order valence-corrected chi connectivity index (χ4v) is 5.47. The van der Waals surface area contributed by atoms with Crippen molar-refractivity contribution in [2.75, 3.05) is 0 Å². The number of fused-ring (bicyclic) bond motifs is 1. The van der Waals surface area contributed by atoms with E-state index in [1.54, 1.807) is 24.3 Å². The number of halogens is 4. The lowest BCUT2D eigenvalue weighted by Crippen LogP contribution is -2.13. The van der Waals surface area contributed by atoms with Crippen LogP contribution in [0.4, 0.5) is 17.6 Å². The molecule has 5 heteroatoms. The topological polar surface area (TPSA) is 9.23 Å². The van der Waals surface area contributed by atoms with E-state index in [1.807, 2.05) is 6.07 Å². The largest absolute Gasteiger partial charge is 0.432 e. The van der Waals surface area contributed by atoms with Gasteiger partial charge in [-0.05, 0) is 72.2 Å². The third-order valence-electron chi connectivity index (χ3n) is 7.47. The highest BCUT2D eigenvalue weighted by Crippen LogP contribution is 2.39. The summed E-state index contributed by atoms with van der Waals surface area (Å²) in [4.78, 5) is 0. The van der Waals surface area contributed by atoms with Crippen LogP contribution in [-0.4, -0.2) is 6.61 Å². The molecule has 4 rings (SSSR count). The molecule has 188 valence electrons. The van der Waals surface area contributed by atoms with Crippen molar-refractivity contribution in [1.29, 1.82) is 0 Å². The van der Waals surface area contributed by atoms with Crippen molar-refractivity contribution < 1.29 is 22.3 Å². The highest BCUT2D eigenvalue weighted by molar-refractivity contribution is 5.89. The zero-order chi connectivity index (χ0) is 24.8. The Morgan fingerprint density at radius 1 is 0.857 bits per heavy atom. The molecule has 1 aliphatic rings. The minimum Gasteiger partial charge on any atom is -0.432 e. The Morgan fingerprint density at radius 3 is 2.34 bits per heavy atom. The first-order valence-electron chi connectivity index (χ1n) is 12.9. The summed E-state index contributed by atoms with van der Waals surface area (Å²) < 4.78 is 58.8. The molecule has 1 nitrogen and oxygen atoms in total. The smallest absolute Gasteiger partial charge is 0.387 e. The third-order valence-corrected chi connectivity index (χ3v) is 7.47. The third kappa shape index (κ3) is 6.36. The molecule has 3 aromatic rings. The van der Waals surface area contributed by atoms with Crippen LogP contribution in [0.1, 0.15) is 82.6 Å². The van der Waals surface area contributed by atoms with Gasteiger partial charge in [0, 0.05) is 10.9 Å². The molecule has 0 heterocycles. The van der Waals surface area contributed by atoms with Crippen LogP contribution in [0.15, 0.2) is 48.5 Å². The second kappa shape index (κ2) is 11.9. The molecule has 0 radical (unpaired) electrons. The van der Waals surface area contributed by atoms with Gasteiger partial charge >= 0.3 is 6.61 Å². The molecule has 1 saturated carbocycles. The molecular formula is C30H34F4O. The molecule has 0 spiro atoms. The molecule has 0 aliphatic heterocycles. The predicted molar refractivity (Wildman–Crippen MR) is 134 cm³/mol. The van der Waals surface area contributed by atoms with Gasteiger partial charge in [0.05, 0.1) is 0 Å². The summed E-state index contributed by atoms with van der Waals surface area (Å²) in [6.07, 6.45) is 12.6. The first kappa shape index (κ1) is 25.5. The summed E-state index contributed by atoms with van der Waals surface area (Å²) in [6.45, 7) is -0.856. The summed E-state index contributed by atoms with van der Waals surface area (Å²) in [5.74, 6) is -0.433. The Balaban J connectivity index is 1.41. The van der Waals surface area contributed by atoms with Gasteiger partial charge in [0.15, 0.2) is 11.6 Å². The zero-order valence-corrected chi connectivity index (χ0v) is 20.3. The van der Waals surface area contributed by atoms with Gasteiger partial charge in [0.2, 0.25) is 0 Å². The maximum atomic E-state index is 15.1. The Hall–Kier alpha value is -2.56. The summed E-state index contributed by atoms with van der Waals surface area (Å²) in [6, 6.07) is 12.9. The van der Waals surface area contributed by atoms with Crippen LogP contribution in [0, 0.1) is 17.6 Å². The number of ether oxygens (including phenoxy) is 1. The van der Waals surface area contributed by atoms with Gasteiger partial charge in [-0.25, -0.2) is 8.78 Å². The minimum absolute atomic E-state index is 0.158. The van der Waals surface area contributed by atoms with Crippen LogP contribution in [0.2, 0.25) is 0 Å². The van der Waals surface area contributed by atoms with Crippen molar-refractivity contribution in [2.45, 2.75) is 83.7 Å². The number of rotatable bonds is 10. The van der Waals surface area contributed by atoms with Crippen molar-refractivity contribution in [3.63, 3.8) is 0 Å².